The van der Waals surface area contributed by atoms with Gasteiger partial charge >= 0.3 is 0 Å². The molecule has 5 heteroatoms. The van der Waals surface area contributed by atoms with Crippen LogP contribution in [0.25, 0.3) is 0 Å². The fourth-order valence-electron chi connectivity index (χ4n) is 1.26. The zero-order valence-corrected chi connectivity index (χ0v) is 11.1. The number of hydrogen-bond acceptors (Lipinski definition) is 2. The van der Waals surface area contributed by atoms with E-state index in [1.807, 2.05) is 19.9 Å². The van der Waals surface area contributed by atoms with Crippen LogP contribution in [0.5, 0.6) is 5.75 Å². The van der Waals surface area contributed by atoms with Crippen LogP contribution in [-0.4, -0.2) is 18.8 Å². The van der Waals surface area contributed by atoms with Crippen molar-refractivity contribution in [3.05, 3.63) is 22.7 Å². The molecule has 0 amide bonds. The number of ether oxygens (including phenoxy) is 1. The van der Waals surface area contributed by atoms with Gasteiger partial charge in [0.05, 0.1) is 12.8 Å². The summed E-state index contributed by atoms with van der Waals surface area (Å²) >= 11 is 11.1. The zero-order chi connectivity index (χ0) is 12.1. The highest BCUT2D eigenvalue weighted by Crippen LogP contribution is 2.30. The van der Waals surface area contributed by atoms with Gasteiger partial charge in [0.2, 0.25) is 0 Å². The highest BCUT2D eigenvalue weighted by molar-refractivity contribution is 7.80. The first kappa shape index (κ1) is 13.1. The van der Waals surface area contributed by atoms with E-state index in [1.165, 1.54) is 0 Å². The first-order chi connectivity index (χ1) is 7.58. The molecule has 0 unspecified atom stereocenters. The number of thiocarbonyl (C=S) groups is 1. The quantitative estimate of drug-likeness (QED) is 0.817. The van der Waals surface area contributed by atoms with Gasteiger partial charge in [-0.3, -0.25) is 0 Å². The highest BCUT2D eigenvalue weighted by Gasteiger charge is 2.07. The molecule has 0 fully saturated rings. The number of methoxy groups -OCH3 is 1. The van der Waals surface area contributed by atoms with E-state index in [9.17, 15) is 0 Å². The SMILES string of the molecule is CCNC(=S)Nc1cc(C)c(Cl)cc1OC. The van der Waals surface area contributed by atoms with Gasteiger partial charge in [-0.1, -0.05) is 11.6 Å². The van der Waals surface area contributed by atoms with Crippen LogP contribution in [0.2, 0.25) is 5.02 Å². The lowest BCUT2D eigenvalue weighted by atomic mass is 10.2. The summed E-state index contributed by atoms with van der Waals surface area (Å²) in [6.45, 7) is 4.70. The van der Waals surface area contributed by atoms with Crippen LogP contribution in [0.3, 0.4) is 0 Å². The summed E-state index contributed by atoms with van der Waals surface area (Å²) in [7, 11) is 1.60. The van der Waals surface area contributed by atoms with Gasteiger partial charge in [-0.15, -0.1) is 0 Å². The molecular formula is C11H15ClN2OS. The van der Waals surface area contributed by atoms with Crippen LogP contribution in [0.1, 0.15) is 12.5 Å². The van der Waals surface area contributed by atoms with Crippen molar-refractivity contribution in [1.29, 1.82) is 0 Å². The van der Waals surface area contributed by atoms with E-state index in [0.29, 0.717) is 15.9 Å². The molecule has 2 N–H and O–H groups in total. The van der Waals surface area contributed by atoms with Gasteiger partial charge in [0.1, 0.15) is 5.75 Å². The van der Waals surface area contributed by atoms with Crippen LogP contribution in [0, 0.1) is 6.92 Å². The molecule has 0 saturated carbocycles. The first-order valence-electron chi connectivity index (χ1n) is 4.97. The molecular weight excluding hydrogens is 244 g/mol. The number of halogens is 1. The van der Waals surface area contributed by atoms with Crippen LogP contribution >= 0.6 is 23.8 Å². The lowest BCUT2D eigenvalue weighted by molar-refractivity contribution is 0.417. The van der Waals surface area contributed by atoms with Gasteiger partial charge in [0.25, 0.3) is 0 Å². The maximum absolute atomic E-state index is 6.01. The number of anilines is 1. The number of rotatable bonds is 3. The topological polar surface area (TPSA) is 33.3 Å². The predicted molar refractivity (Wildman–Crippen MR) is 72.6 cm³/mol. The molecule has 0 bridgehead atoms. The van der Waals surface area contributed by atoms with Gasteiger partial charge in [0.15, 0.2) is 5.11 Å². The Bertz CT molecular complexity index is 396. The lowest BCUT2D eigenvalue weighted by Crippen LogP contribution is -2.28. The molecule has 0 spiro atoms. The highest BCUT2D eigenvalue weighted by atomic mass is 35.5. The van der Waals surface area contributed by atoms with Crippen molar-refractivity contribution < 1.29 is 4.74 Å². The standard InChI is InChI=1S/C11H15ClN2OS/c1-4-13-11(16)14-9-5-7(2)8(12)6-10(9)15-3/h5-6H,4H2,1-3H3,(H2,13,14,16). The van der Waals surface area contributed by atoms with Crippen molar-refractivity contribution in [3.8, 4) is 5.75 Å². The second-order valence-electron chi connectivity index (χ2n) is 3.29. The van der Waals surface area contributed by atoms with Crippen molar-refractivity contribution in [2.24, 2.45) is 0 Å². The van der Waals surface area contributed by atoms with Crippen molar-refractivity contribution >= 4 is 34.6 Å². The average Bonchev–Trinajstić information content (AvgIpc) is 2.23. The van der Waals surface area contributed by atoms with E-state index in [2.05, 4.69) is 10.6 Å². The van der Waals surface area contributed by atoms with E-state index >= 15 is 0 Å². The number of benzene rings is 1. The smallest absolute Gasteiger partial charge is 0.170 e. The molecule has 1 rings (SSSR count). The maximum Gasteiger partial charge on any atom is 0.170 e. The van der Waals surface area contributed by atoms with E-state index < -0.39 is 0 Å². The molecule has 0 heterocycles. The van der Waals surface area contributed by atoms with Crippen molar-refractivity contribution in [3.63, 3.8) is 0 Å². The number of nitrogens with one attached hydrogen (secondary N) is 2. The Morgan fingerprint density at radius 3 is 2.75 bits per heavy atom. The van der Waals surface area contributed by atoms with Gasteiger partial charge in [-0.25, -0.2) is 0 Å². The zero-order valence-electron chi connectivity index (χ0n) is 9.56. The average molecular weight is 259 g/mol. The number of hydrogen-bond donors (Lipinski definition) is 2. The Hall–Kier alpha value is -1.00. The monoisotopic (exact) mass is 258 g/mol. The van der Waals surface area contributed by atoms with Crippen LogP contribution in [0.15, 0.2) is 12.1 Å². The molecule has 16 heavy (non-hydrogen) atoms. The lowest BCUT2D eigenvalue weighted by Gasteiger charge is -2.14. The summed E-state index contributed by atoms with van der Waals surface area (Å²) in [5.41, 5.74) is 1.79. The second kappa shape index (κ2) is 5.92. The van der Waals surface area contributed by atoms with Crippen molar-refractivity contribution in [2.45, 2.75) is 13.8 Å². The van der Waals surface area contributed by atoms with Crippen LogP contribution in [-0.2, 0) is 0 Å². The second-order valence-corrected chi connectivity index (χ2v) is 4.10. The molecule has 88 valence electrons. The summed E-state index contributed by atoms with van der Waals surface area (Å²) < 4.78 is 5.23. The Labute approximate surface area is 106 Å². The molecule has 0 aliphatic heterocycles. The fourth-order valence-corrected chi connectivity index (χ4v) is 1.66. The van der Waals surface area contributed by atoms with E-state index in [4.69, 9.17) is 28.6 Å². The Kier molecular flexibility index (Phi) is 4.83. The van der Waals surface area contributed by atoms with Crippen LogP contribution in [0.4, 0.5) is 5.69 Å². The summed E-state index contributed by atoms with van der Waals surface area (Å²) in [4.78, 5) is 0. The molecule has 0 aliphatic rings. The molecule has 1 aromatic carbocycles. The molecule has 1 aromatic rings. The molecule has 3 nitrogen and oxygen atoms in total. The fraction of sp³-hybridized carbons (Fsp3) is 0.364. The summed E-state index contributed by atoms with van der Waals surface area (Å²) in [5.74, 6) is 0.677. The largest absolute Gasteiger partial charge is 0.495 e. The van der Waals surface area contributed by atoms with Gasteiger partial charge in [0, 0.05) is 17.6 Å². The minimum absolute atomic E-state index is 0.572. The maximum atomic E-state index is 6.01. The van der Waals surface area contributed by atoms with Gasteiger partial charge in [-0.05, 0) is 37.7 Å². The van der Waals surface area contributed by atoms with Crippen LogP contribution < -0.4 is 15.4 Å². The molecule has 0 atom stereocenters. The van der Waals surface area contributed by atoms with E-state index in [-0.39, 0.29) is 0 Å². The Balaban J connectivity index is 2.94. The molecule has 0 aromatic heterocycles. The van der Waals surface area contributed by atoms with Crippen molar-refractivity contribution in [1.82, 2.24) is 5.32 Å². The minimum Gasteiger partial charge on any atom is -0.495 e. The Morgan fingerprint density at radius 2 is 2.19 bits per heavy atom. The third-order valence-electron chi connectivity index (χ3n) is 2.07. The molecule has 0 aliphatic carbocycles. The van der Waals surface area contributed by atoms with Gasteiger partial charge in [-0.2, -0.15) is 0 Å². The molecule has 0 saturated heterocycles. The van der Waals surface area contributed by atoms with Crippen molar-refractivity contribution in [2.75, 3.05) is 19.0 Å². The minimum atomic E-state index is 0.572. The van der Waals surface area contributed by atoms with Gasteiger partial charge < -0.3 is 15.4 Å². The van der Waals surface area contributed by atoms with E-state index in [1.54, 1.807) is 13.2 Å². The Morgan fingerprint density at radius 1 is 1.50 bits per heavy atom. The third-order valence-corrected chi connectivity index (χ3v) is 2.72. The van der Waals surface area contributed by atoms with E-state index in [0.717, 1.165) is 17.8 Å². The number of aryl methyl sites for hydroxylation is 1. The predicted octanol–water partition coefficient (Wildman–Crippen LogP) is 2.96. The molecule has 0 radical (unpaired) electrons. The summed E-state index contributed by atoms with van der Waals surface area (Å²) in [6.07, 6.45) is 0. The summed E-state index contributed by atoms with van der Waals surface area (Å²) in [6, 6.07) is 3.68. The summed E-state index contributed by atoms with van der Waals surface area (Å²) in [5, 5.41) is 7.33. The first-order valence-corrected chi connectivity index (χ1v) is 5.76. The third kappa shape index (κ3) is 3.25. The normalized spacial score (nSPS) is 9.75.